The fourth-order valence-corrected chi connectivity index (χ4v) is 8.17. The summed E-state index contributed by atoms with van der Waals surface area (Å²) in [5.74, 6) is 0.974. The van der Waals surface area contributed by atoms with Gasteiger partial charge in [-0.1, -0.05) is 157 Å². The smallest absolute Gasteiger partial charge is 0.460 e. The first-order valence-corrected chi connectivity index (χ1v) is 18.6. The van der Waals surface area contributed by atoms with E-state index in [-0.39, 0.29) is 21.1 Å². The summed E-state index contributed by atoms with van der Waals surface area (Å²) in [6.07, 6.45) is 1.78. The Labute approximate surface area is 343 Å². The number of ether oxygens (including phenoxy) is 1. The number of para-hydroxylation sites is 1. The van der Waals surface area contributed by atoms with E-state index in [9.17, 15) is 0 Å². The number of hydrogen-bond acceptors (Lipinski definition) is 4. The third-order valence-electron chi connectivity index (χ3n) is 10.6. The van der Waals surface area contributed by atoms with Crippen LogP contribution in [0.15, 0.2) is 182 Å². The van der Waals surface area contributed by atoms with Crippen LogP contribution in [0.1, 0.15) is 0 Å². The maximum Gasteiger partial charge on any atom is 2.00 e. The molecule has 0 radical (unpaired) electrons. The molecule has 0 spiro atoms. The third-order valence-corrected chi connectivity index (χ3v) is 10.6. The first kappa shape index (κ1) is 34.5. The summed E-state index contributed by atoms with van der Waals surface area (Å²) in [6, 6.07) is 67.7. The average molecular weight is 910 g/mol. The molecule has 0 saturated heterocycles. The first-order chi connectivity index (χ1) is 27.8. The third kappa shape index (κ3) is 5.87. The number of fused-ring (bicyclic) bond motifs is 9. The van der Waals surface area contributed by atoms with Crippen molar-refractivity contribution in [2.24, 2.45) is 0 Å². The Bertz CT molecular complexity index is 3280. The van der Waals surface area contributed by atoms with Gasteiger partial charge in [-0.05, 0) is 67.3 Å². The van der Waals surface area contributed by atoms with Gasteiger partial charge < -0.3 is 9.30 Å². The summed E-state index contributed by atoms with van der Waals surface area (Å²) in [7, 11) is 0. The topological polar surface area (TPSA) is 52.8 Å². The van der Waals surface area contributed by atoms with Crippen LogP contribution >= 0.6 is 0 Å². The number of pyridine rings is 1. The van der Waals surface area contributed by atoms with Crippen molar-refractivity contribution < 1.29 is 25.8 Å². The molecule has 0 unspecified atom stereocenters. The monoisotopic (exact) mass is 909 g/mol. The molecule has 0 N–H and O–H groups in total. The zero-order valence-electron chi connectivity index (χ0n) is 30.3. The molecule has 11 rings (SSSR count). The zero-order chi connectivity index (χ0) is 37.0. The molecule has 3 aromatic heterocycles. The van der Waals surface area contributed by atoms with E-state index in [2.05, 4.69) is 136 Å². The van der Waals surface area contributed by atoms with Crippen molar-refractivity contribution in [1.29, 1.82) is 0 Å². The number of benzene rings is 8. The van der Waals surface area contributed by atoms with Crippen LogP contribution in [0.5, 0.6) is 11.6 Å². The van der Waals surface area contributed by atoms with Gasteiger partial charge in [-0.2, -0.15) is 5.10 Å². The minimum atomic E-state index is 0. The van der Waals surface area contributed by atoms with Gasteiger partial charge in [0.05, 0.1) is 11.7 Å². The van der Waals surface area contributed by atoms with Crippen LogP contribution in [-0.4, -0.2) is 19.7 Å². The van der Waals surface area contributed by atoms with E-state index in [1.54, 1.807) is 6.20 Å². The van der Waals surface area contributed by atoms with Gasteiger partial charge in [0.1, 0.15) is 0 Å². The Hall–Kier alpha value is -6.94. The zero-order valence-corrected chi connectivity index (χ0v) is 32.6. The molecule has 0 fully saturated rings. The molecule has 270 valence electrons. The largest absolute Gasteiger partial charge is 2.00 e. The fraction of sp³-hybridized carbons (Fsp3) is 0. The van der Waals surface area contributed by atoms with Gasteiger partial charge in [-0.15, -0.1) is 35.4 Å². The van der Waals surface area contributed by atoms with Crippen LogP contribution in [0.2, 0.25) is 0 Å². The standard InChI is InChI=1S/C51H30N4O.Pt/c1-3-15-33(16-4-1)35-29-36(49-39-20-8-7-17-34(39)32-52-54-49)31-38(30-35)56-47-28-14-27-46(53-47)44-25-13-26-45-48-42-23-11-9-21-40(42)41-22-10-12-24-43(41)51(48)55(50(44)45)37-18-5-2-6-19-37;/h1-24,26-30,32H;/q-2;+2. The van der Waals surface area contributed by atoms with Crippen LogP contribution in [0.3, 0.4) is 0 Å². The second-order valence-electron chi connectivity index (χ2n) is 13.9. The summed E-state index contributed by atoms with van der Waals surface area (Å²) in [4.78, 5) is 5.16. The quantitative estimate of drug-likeness (QED) is 0.123. The van der Waals surface area contributed by atoms with E-state index in [0.717, 1.165) is 66.5 Å². The van der Waals surface area contributed by atoms with Crippen molar-refractivity contribution in [2.45, 2.75) is 0 Å². The molecule has 11 aromatic rings. The predicted molar refractivity (Wildman–Crippen MR) is 227 cm³/mol. The number of nitrogens with zero attached hydrogens (tertiary/aromatic N) is 4. The van der Waals surface area contributed by atoms with Crippen LogP contribution in [0.25, 0.3) is 93.5 Å². The van der Waals surface area contributed by atoms with Gasteiger partial charge in [-0.3, -0.25) is 4.98 Å². The second kappa shape index (κ2) is 14.3. The van der Waals surface area contributed by atoms with Gasteiger partial charge in [-0.25, -0.2) is 5.10 Å². The molecule has 0 aliphatic carbocycles. The minimum absolute atomic E-state index is 0. The number of aromatic nitrogens is 4. The summed E-state index contributed by atoms with van der Waals surface area (Å²) >= 11 is 0. The van der Waals surface area contributed by atoms with Crippen LogP contribution < -0.4 is 4.74 Å². The van der Waals surface area contributed by atoms with E-state index in [4.69, 9.17) is 9.72 Å². The van der Waals surface area contributed by atoms with Gasteiger partial charge in [0, 0.05) is 22.5 Å². The van der Waals surface area contributed by atoms with E-state index in [1.165, 1.54) is 26.9 Å². The normalized spacial score (nSPS) is 11.4. The molecular formula is C51H30N4OPt. The molecule has 3 heterocycles. The molecule has 6 heteroatoms. The Morgan fingerprint density at radius 3 is 2.04 bits per heavy atom. The Balaban J connectivity index is 0.00000396. The molecule has 5 nitrogen and oxygen atoms in total. The van der Waals surface area contributed by atoms with Gasteiger partial charge in [0.2, 0.25) is 5.88 Å². The van der Waals surface area contributed by atoms with Crippen LogP contribution in [-0.2, 0) is 21.1 Å². The molecule has 0 aliphatic rings. The summed E-state index contributed by atoms with van der Waals surface area (Å²) in [5, 5.41) is 18.1. The maximum atomic E-state index is 6.64. The first-order valence-electron chi connectivity index (χ1n) is 18.6. The van der Waals surface area contributed by atoms with Crippen LogP contribution in [0, 0.1) is 12.1 Å². The van der Waals surface area contributed by atoms with Gasteiger partial charge >= 0.3 is 21.1 Å². The molecule has 0 bridgehead atoms. The van der Waals surface area contributed by atoms with Crippen molar-refractivity contribution in [3.8, 4) is 51.0 Å². The van der Waals surface area contributed by atoms with Crippen molar-refractivity contribution in [2.75, 3.05) is 0 Å². The van der Waals surface area contributed by atoms with E-state index in [1.807, 2.05) is 66.7 Å². The summed E-state index contributed by atoms with van der Waals surface area (Å²) in [6.45, 7) is 0. The number of rotatable bonds is 6. The molecule has 0 saturated carbocycles. The van der Waals surface area contributed by atoms with E-state index < -0.39 is 0 Å². The molecule has 57 heavy (non-hydrogen) atoms. The SMILES string of the molecule is [Pt+2].[c-]1c(Oc2cccc(-c3[c-]ccc4c5c6ccccc6c6ccccc6c5n(-c5ccccc5)c34)n2)cc(-c2ccccc2)cc1-c1nncc2ccccc12. The van der Waals surface area contributed by atoms with E-state index >= 15 is 0 Å². The van der Waals surface area contributed by atoms with Crippen molar-refractivity contribution in [1.82, 2.24) is 19.7 Å². The number of hydrogen-bond donors (Lipinski definition) is 0. The Morgan fingerprint density at radius 2 is 1.23 bits per heavy atom. The molecule has 0 aliphatic heterocycles. The van der Waals surface area contributed by atoms with Gasteiger partial charge in [0.15, 0.2) is 0 Å². The summed E-state index contributed by atoms with van der Waals surface area (Å²) in [5.41, 5.74) is 8.45. The molecule has 0 amide bonds. The molecular weight excluding hydrogens is 880 g/mol. The second-order valence-corrected chi connectivity index (χ2v) is 13.9. The maximum absolute atomic E-state index is 6.64. The Kier molecular flexibility index (Phi) is 8.66. The van der Waals surface area contributed by atoms with E-state index in [0.29, 0.717) is 11.6 Å². The van der Waals surface area contributed by atoms with Crippen molar-refractivity contribution in [3.05, 3.63) is 194 Å². The Morgan fingerprint density at radius 1 is 0.544 bits per heavy atom. The van der Waals surface area contributed by atoms with Crippen molar-refractivity contribution >= 4 is 54.1 Å². The van der Waals surface area contributed by atoms with Crippen molar-refractivity contribution in [3.63, 3.8) is 0 Å². The average Bonchev–Trinajstić information content (AvgIpc) is 3.63. The van der Waals surface area contributed by atoms with Gasteiger partial charge in [0.25, 0.3) is 0 Å². The predicted octanol–water partition coefficient (Wildman–Crippen LogP) is 12.8. The summed E-state index contributed by atoms with van der Waals surface area (Å²) < 4.78 is 9.03. The molecule has 8 aromatic carbocycles. The minimum Gasteiger partial charge on any atom is -0.460 e. The fourth-order valence-electron chi connectivity index (χ4n) is 8.17. The molecule has 0 atom stereocenters. The van der Waals surface area contributed by atoms with Crippen LogP contribution in [0.4, 0.5) is 0 Å².